The predicted molar refractivity (Wildman–Crippen MR) is 84.9 cm³/mol. The number of amides is 1. The molecule has 3 rings (SSSR count). The number of rotatable bonds is 4. The Morgan fingerprint density at radius 3 is 2.79 bits per heavy atom. The van der Waals surface area contributed by atoms with Crippen LogP contribution in [0.1, 0.15) is 19.8 Å². The van der Waals surface area contributed by atoms with Gasteiger partial charge < -0.3 is 4.90 Å². The summed E-state index contributed by atoms with van der Waals surface area (Å²) in [4.78, 5) is 25.6. The zero-order valence-electron chi connectivity index (χ0n) is 13.3. The molecule has 0 radical (unpaired) electrons. The van der Waals surface area contributed by atoms with Crippen molar-refractivity contribution < 1.29 is 9.72 Å². The van der Waals surface area contributed by atoms with Gasteiger partial charge in [0.2, 0.25) is 11.7 Å². The molecule has 0 bridgehead atoms. The van der Waals surface area contributed by atoms with Crippen molar-refractivity contribution in [2.24, 2.45) is 5.92 Å². The van der Waals surface area contributed by atoms with Crippen LogP contribution in [-0.4, -0.2) is 49.0 Å². The second kappa shape index (κ2) is 6.73. The van der Waals surface area contributed by atoms with Gasteiger partial charge in [0.15, 0.2) is 0 Å². The van der Waals surface area contributed by atoms with Crippen LogP contribution >= 0.6 is 0 Å². The summed E-state index contributed by atoms with van der Waals surface area (Å²) in [6.07, 6.45) is 2.17. The van der Waals surface area contributed by atoms with Crippen molar-refractivity contribution in [2.45, 2.75) is 26.3 Å². The molecule has 9 nitrogen and oxygen atoms in total. The first-order chi connectivity index (χ1) is 11.5. The number of non-ortho nitro benzene ring substituents is 1. The maximum atomic E-state index is 12.3. The van der Waals surface area contributed by atoms with Gasteiger partial charge in [-0.25, -0.2) is 0 Å². The highest BCUT2D eigenvalue weighted by atomic mass is 16.6. The summed E-state index contributed by atoms with van der Waals surface area (Å²) in [6.45, 7) is 3.72. The molecule has 1 fully saturated rings. The predicted octanol–water partition coefficient (Wildman–Crippen LogP) is 1.51. The second-order valence-corrected chi connectivity index (χ2v) is 6.03. The Balaban J connectivity index is 1.66. The quantitative estimate of drug-likeness (QED) is 0.621. The van der Waals surface area contributed by atoms with Gasteiger partial charge in [0.25, 0.3) is 5.69 Å². The zero-order chi connectivity index (χ0) is 17.1. The van der Waals surface area contributed by atoms with Crippen molar-refractivity contribution in [3.8, 4) is 11.4 Å². The fourth-order valence-electron chi connectivity index (χ4n) is 2.79. The molecule has 0 aliphatic carbocycles. The smallest absolute Gasteiger partial charge is 0.269 e. The number of carbonyl (C=O) groups excluding carboxylic acids is 1. The van der Waals surface area contributed by atoms with Crippen LogP contribution in [-0.2, 0) is 11.3 Å². The van der Waals surface area contributed by atoms with Gasteiger partial charge in [-0.2, -0.15) is 4.80 Å². The molecule has 2 heterocycles. The molecule has 0 N–H and O–H groups in total. The average molecular weight is 330 g/mol. The summed E-state index contributed by atoms with van der Waals surface area (Å²) in [5.74, 6) is 0.834. The highest BCUT2D eigenvalue weighted by Gasteiger charge is 2.22. The highest BCUT2D eigenvalue weighted by Crippen LogP contribution is 2.19. The van der Waals surface area contributed by atoms with E-state index in [9.17, 15) is 14.9 Å². The molecule has 1 amide bonds. The summed E-state index contributed by atoms with van der Waals surface area (Å²) < 4.78 is 0. The minimum Gasteiger partial charge on any atom is -0.341 e. The van der Waals surface area contributed by atoms with E-state index in [4.69, 9.17) is 0 Å². The molecule has 1 aromatic heterocycles. The lowest BCUT2D eigenvalue weighted by molar-refractivity contribution is -0.384. The van der Waals surface area contributed by atoms with Gasteiger partial charge in [0, 0.05) is 30.8 Å². The monoisotopic (exact) mass is 330 g/mol. The standard InChI is InChI=1S/C15H18N6O3/c1-11-3-2-8-19(9-11)14(22)10-20-17-15(16-18-20)12-4-6-13(7-5-12)21(23)24/h4-7,11H,2-3,8-10H2,1H3/t11-/m1/s1. The highest BCUT2D eigenvalue weighted by molar-refractivity contribution is 5.75. The number of tetrazole rings is 1. The third kappa shape index (κ3) is 3.55. The molecule has 1 aliphatic rings. The van der Waals surface area contributed by atoms with E-state index < -0.39 is 4.92 Å². The number of nitro benzene ring substituents is 1. The molecular weight excluding hydrogens is 312 g/mol. The summed E-state index contributed by atoms with van der Waals surface area (Å²) in [6, 6.07) is 5.90. The number of hydrogen-bond acceptors (Lipinski definition) is 6. The van der Waals surface area contributed by atoms with Crippen LogP contribution in [0.5, 0.6) is 0 Å². The van der Waals surface area contributed by atoms with Crippen LogP contribution in [0.15, 0.2) is 24.3 Å². The Kier molecular flexibility index (Phi) is 4.50. The van der Waals surface area contributed by atoms with Crippen LogP contribution in [0, 0.1) is 16.0 Å². The average Bonchev–Trinajstić information content (AvgIpc) is 3.03. The van der Waals surface area contributed by atoms with Crippen LogP contribution < -0.4 is 0 Å². The van der Waals surface area contributed by atoms with Crippen molar-refractivity contribution in [1.29, 1.82) is 0 Å². The Morgan fingerprint density at radius 1 is 1.38 bits per heavy atom. The van der Waals surface area contributed by atoms with Crippen LogP contribution in [0.2, 0.25) is 0 Å². The molecule has 0 saturated carbocycles. The van der Waals surface area contributed by atoms with Crippen molar-refractivity contribution in [2.75, 3.05) is 13.1 Å². The van der Waals surface area contributed by atoms with E-state index in [-0.39, 0.29) is 18.1 Å². The summed E-state index contributed by atoms with van der Waals surface area (Å²) in [5.41, 5.74) is 0.617. The second-order valence-electron chi connectivity index (χ2n) is 6.03. The number of aromatic nitrogens is 4. The molecule has 24 heavy (non-hydrogen) atoms. The normalized spacial score (nSPS) is 17.7. The number of nitrogens with zero attached hydrogens (tertiary/aromatic N) is 6. The lowest BCUT2D eigenvalue weighted by atomic mass is 10.0. The molecule has 2 aromatic rings. The summed E-state index contributed by atoms with van der Waals surface area (Å²) in [7, 11) is 0. The molecular formula is C15H18N6O3. The molecule has 1 atom stereocenters. The number of benzene rings is 1. The first-order valence-electron chi connectivity index (χ1n) is 7.83. The number of likely N-dealkylation sites (tertiary alicyclic amines) is 1. The van der Waals surface area contributed by atoms with Gasteiger partial charge in [-0.05, 0) is 36.1 Å². The van der Waals surface area contributed by atoms with Crippen molar-refractivity contribution >= 4 is 11.6 Å². The Hall–Kier alpha value is -2.84. The maximum Gasteiger partial charge on any atom is 0.269 e. The van der Waals surface area contributed by atoms with E-state index in [1.54, 1.807) is 12.1 Å². The largest absolute Gasteiger partial charge is 0.341 e. The third-order valence-corrected chi connectivity index (χ3v) is 4.08. The molecule has 126 valence electrons. The van der Waals surface area contributed by atoms with Crippen molar-refractivity contribution in [3.05, 3.63) is 34.4 Å². The van der Waals surface area contributed by atoms with E-state index in [2.05, 4.69) is 22.3 Å². The van der Waals surface area contributed by atoms with Gasteiger partial charge in [-0.1, -0.05) is 6.92 Å². The van der Waals surface area contributed by atoms with E-state index in [1.807, 2.05) is 4.90 Å². The minimum atomic E-state index is -0.466. The third-order valence-electron chi connectivity index (χ3n) is 4.08. The van der Waals surface area contributed by atoms with Gasteiger partial charge in [-0.15, -0.1) is 10.2 Å². The number of piperidine rings is 1. The molecule has 1 saturated heterocycles. The van der Waals surface area contributed by atoms with E-state index >= 15 is 0 Å². The van der Waals surface area contributed by atoms with Crippen LogP contribution in [0.25, 0.3) is 11.4 Å². The Morgan fingerprint density at radius 2 is 2.12 bits per heavy atom. The minimum absolute atomic E-state index is 0.000498. The maximum absolute atomic E-state index is 12.3. The first kappa shape index (κ1) is 16.0. The molecule has 1 aromatic carbocycles. The zero-order valence-corrected chi connectivity index (χ0v) is 13.3. The molecule has 9 heteroatoms. The molecule has 1 aliphatic heterocycles. The molecule has 0 unspecified atom stereocenters. The summed E-state index contributed by atoms with van der Waals surface area (Å²) >= 11 is 0. The summed E-state index contributed by atoms with van der Waals surface area (Å²) in [5, 5.41) is 22.7. The number of nitro groups is 1. The first-order valence-corrected chi connectivity index (χ1v) is 7.83. The molecule has 0 spiro atoms. The van der Waals surface area contributed by atoms with Gasteiger partial charge in [-0.3, -0.25) is 14.9 Å². The van der Waals surface area contributed by atoms with Crippen molar-refractivity contribution in [3.63, 3.8) is 0 Å². The lowest BCUT2D eigenvalue weighted by Crippen LogP contribution is -2.41. The SMILES string of the molecule is C[C@@H]1CCCN(C(=O)Cn2nnc(-c3ccc([N+](=O)[O-])cc3)n2)C1. The Labute approximate surface area is 138 Å². The lowest BCUT2D eigenvalue weighted by Gasteiger charge is -2.30. The van der Waals surface area contributed by atoms with Gasteiger partial charge in [0.05, 0.1) is 4.92 Å². The van der Waals surface area contributed by atoms with Gasteiger partial charge >= 0.3 is 0 Å². The van der Waals surface area contributed by atoms with Crippen LogP contribution in [0.4, 0.5) is 5.69 Å². The number of hydrogen-bond donors (Lipinski definition) is 0. The van der Waals surface area contributed by atoms with Crippen LogP contribution in [0.3, 0.4) is 0 Å². The topological polar surface area (TPSA) is 107 Å². The number of carbonyl (C=O) groups is 1. The van der Waals surface area contributed by atoms with E-state index in [0.717, 1.165) is 25.9 Å². The van der Waals surface area contributed by atoms with Gasteiger partial charge in [0.1, 0.15) is 6.54 Å². The van der Waals surface area contributed by atoms with E-state index in [1.165, 1.54) is 16.9 Å². The van der Waals surface area contributed by atoms with Crippen molar-refractivity contribution in [1.82, 2.24) is 25.1 Å². The fourth-order valence-corrected chi connectivity index (χ4v) is 2.79. The fraction of sp³-hybridized carbons (Fsp3) is 0.467. The Bertz CT molecular complexity index is 742. The van der Waals surface area contributed by atoms with E-state index in [0.29, 0.717) is 17.3 Å².